The zero-order chi connectivity index (χ0) is 11.8. The molecule has 0 amide bonds. The van der Waals surface area contributed by atoms with Crippen molar-refractivity contribution in [2.75, 3.05) is 5.48 Å². The number of hydrogen-bond donors (Lipinski definition) is 1. The van der Waals surface area contributed by atoms with E-state index in [1.807, 2.05) is 41.3 Å². The van der Waals surface area contributed by atoms with E-state index in [1.54, 1.807) is 0 Å². The van der Waals surface area contributed by atoms with Gasteiger partial charge in [0.25, 0.3) is 0 Å². The number of para-hydroxylation sites is 1. The van der Waals surface area contributed by atoms with Crippen LogP contribution in [0.3, 0.4) is 0 Å². The molecule has 0 aliphatic carbocycles. The maximum atomic E-state index is 10.8. The fraction of sp³-hybridized carbons (Fsp3) is 0.250. The van der Waals surface area contributed by atoms with Crippen LogP contribution in [0.25, 0.3) is 0 Å². The molecule has 0 aliphatic heterocycles. The quantitative estimate of drug-likeness (QED) is 0.494. The molecule has 1 atom stereocenters. The molecule has 0 aromatic heterocycles. The zero-order valence-corrected chi connectivity index (χ0v) is 11.2. The zero-order valence-electron chi connectivity index (χ0n) is 9.02. The van der Waals surface area contributed by atoms with Crippen molar-refractivity contribution >= 4 is 34.6 Å². The summed E-state index contributed by atoms with van der Waals surface area (Å²) in [6.07, 6.45) is 0.956. The Morgan fingerprint density at radius 1 is 1.50 bits per heavy atom. The van der Waals surface area contributed by atoms with Gasteiger partial charge in [-0.1, -0.05) is 46.4 Å². The van der Waals surface area contributed by atoms with E-state index in [9.17, 15) is 4.79 Å². The van der Waals surface area contributed by atoms with E-state index in [4.69, 9.17) is 4.84 Å². The SMILES string of the molecule is C/C(=C\I)C[C@H](C=O)ONc1ccccc1. The van der Waals surface area contributed by atoms with E-state index in [0.717, 1.165) is 17.5 Å². The smallest absolute Gasteiger partial charge is 0.151 e. The highest BCUT2D eigenvalue weighted by Gasteiger charge is 2.08. The van der Waals surface area contributed by atoms with Crippen LogP contribution in [0.2, 0.25) is 0 Å². The number of nitrogens with one attached hydrogen (secondary N) is 1. The Morgan fingerprint density at radius 3 is 2.75 bits per heavy atom. The highest BCUT2D eigenvalue weighted by molar-refractivity contribution is 14.1. The molecule has 4 heteroatoms. The Morgan fingerprint density at radius 2 is 2.19 bits per heavy atom. The maximum Gasteiger partial charge on any atom is 0.151 e. The monoisotopic (exact) mass is 331 g/mol. The van der Waals surface area contributed by atoms with Crippen molar-refractivity contribution in [1.29, 1.82) is 0 Å². The number of carbonyl (C=O) groups is 1. The van der Waals surface area contributed by atoms with Gasteiger partial charge in [-0.25, -0.2) is 0 Å². The highest BCUT2D eigenvalue weighted by atomic mass is 127. The van der Waals surface area contributed by atoms with Crippen molar-refractivity contribution in [3.05, 3.63) is 40.0 Å². The molecule has 0 fully saturated rings. The van der Waals surface area contributed by atoms with E-state index in [1.165, 1.54) is 0 Å². The molecule has 3 nitrogen and oxygen atoms in total. The molecule has 0 saturated heterocycles. The van der Waals surface area contributed by atoms with Gasteiger partial charge in [0.2, 0.25) is 0 Å². The minimum atomic E-state index is -0.453. The molecule has 0 saturated carbocycles. The molecule has 0 heterocycles. The minimum Gasteiger partial charge on any atom is -0.300 e. The number of anilines is 1. The summed E-state index contributed by atoms with van der Waals surface area (Å²) in [6, 6.07) is 9.48. The number of aldehydes is 1. The van der Waals surface area contributed by atoms with Crippen LogP contribution < -0.4 is 5.48 Å². The van der Waals surface area contributed by atoms with Gasteiger partial charge in [0, 0.05) is 6.42 Å². The van der Waals surface area contributed by atoms with E-state index in [-0.39, 0.29) is 0 Å². The topological polar surface area (TPSA) is 38.3 Å². The van der Waals surface area contributed by atoms with Gasteiger partial charge < -0.3 is 4.79 Å². The van der Waals surface area contributed by atoms with Gasteiger partial charge in [0.15, 0.2) is 6.29 Å². The lowest BCUT2D eigenvalue weighted by Gasteiger charge is -2.12. The molecule has 0 spiro atoms. The van der Waals surface area contributed by atoms with E-state index < -0.39 is 6.10 Å². The van der Waals surface area contributed by atoms with Crippen molar-refractivity contribution in [2.24, 2.45) is 0 Å². The second-order valence-electron chi connectivity index (χ2n) is 3.42. The van der Waals surface area contributed by atoms with Crippen molar-refractivity contribution in [2.45, 2.75) is 19.4 Å². The van der Waals surface area contributed by atoms with Gasteiger partial charge in [-0.3, -0.25) is 10.3 Å². The van der Waals surface area contributed by atoms with Crippen molar-refractivity contribution < 1.29 is 9.63 Å². The van der Waals surface area contributed by atoms with E-state index in [2.05, 4.69) is 28.1 Å². The Balaban J connectivity index is 2.43. The van der Waals surface area contributed by atoms with E-state index in [0.29, 0.717) is 6.42 Å². The first-order chi connectivity index (χ1) is 7.76. The minimum absolute atomic E-state index is 0.453. The molecule has 86 valence electrons. The molecule has 16 heavy (non-hydrogen) atoms. The lowest BCUT2D eigenvalue weighted by atomic mass is 10.2. The fourth-order valence-electron chi connectivity index (χ4n) is 1.13. The third-order valence-electron chi connectivity index (χ3n) is 1.96. The van der Waals surface area contributed by atoms with Crippen LogP contribution in [0.5, 0.6) is 0 Å². The predicted molar refractivity (Wildman–Crippen MR) is 73.4 cm³/mol. The molecule has 1 aromatic rings. The van der Waals surface area contributed by atoms with Crippen LogP contribution in [0.15, 0.2) is 40.0 Å². The first-order valence-corrected chi connectivity index (χ1v) is 6.18. The van der Waals surface area contributed by atoms with Gasteiger partial charge in [0.05, 0.1) is 5.69 Å². The van der Waals surface area contributed by atoms with Crippen LogP contribution in [0.4, 0.5) is 5.69 Å². The van der Waals surface area contributed by atoms with Crippen molar-refractivity contribution in [3.63, 3.8) is 0 Å². The molecular formula is C12H14INO2. The number of halogens is 1. The van der Waals surface area contributed by atoms with Crippen LogP contribution in [0.1, 0.15) is 13.3 Å². The summed E-state index contributed by atoms with van der Waals surface area (Å²) in [6.45, 7) is 1.97. The Hall–Kier alpha value is -0.880. The molecule has 1 aromatic carbocycles. The Kier molecular flexibility index (Phi) is 6.10. The third-order valence-corrected chi connectivity index (χ3v) is 3.03. The third kappa shape index (κ3) is 4.76. The summed E-state index contributed by atoms with van der Waals surface area (Å²) in [7, 11) is 0. The van der Waals surface area contributed by atoms with Gasteiger partial charge in [-0.05, 0) is 23.1 Å². The van der Waals surface area contributed by atoms with Crippen LogP contribution in [-0.4, -0.2) is 12.4 Å². The summed E-state index contributed by atoms with van der Waals surface area (Å²) in [5, 5.41) is 0. The van der Waals surface area contributed by atoms with Crippen LogP contribution in [0, 0.1) is 0 Å². The molecule has 0 aliphatic rings. The molecule has 1 N–H and O–H groups in total. The summed E-state index contributed by atoms with van der Waals surface area (Å²) in [4.78, 5) is 16.1. The second kappa shape index (κ2) is 7.40. The summed E-state index contributed by atoms with van der Waals surface area (Å²) >= 11 is 2.15. The second-order valence-corrected chi connectivity index (χ2v) is 4.04. The number of benzene rings is 1. The Labute approximate surface area is 109 Å². The first-order valence-electron chi connectivity index (χ1n) is 4.94. The van der Waals surface area contributed by atoms with Gasteiger partial charge in [-0.15, -0.1) is 0 Å². The fourth-order valence-corrected chi connectivity index (χ4v) is 1.38. The summed E-state index contributed by atoms with van der Waals surface area (Å²) < 4.78 is 1.94. The highest BCUT2D eigenvalue weighted by Crippen LogP contribution is 2.11. The van der Waals surface area contributed by atoms with Gasteiger partial charge >= 0.3 is 0 Å². The van der Waals surface area contributed by atoms with E-state index >= 15 is 0 Å². The molecule has 0 bridgehead atoms. The largest absolute Gasteiger partial charge is 0.300 e. The molecule has 1 rings (SSSR count). The van der Waals surface area contributed by atoms with Crippen LogP contribution in [-0.2, 0) is 9.63 Å². The summed E-state index contributed by atoms with van der Waals surface area (Å²) in [5.74, 6) is 0. The lowest BCUT2D eigenvalue weighted by Crippen LogP contribution is -2.18. The molecule has 0 radical (unpaired) electrons. The standard InChI is InChI=1S/C12H14INO2/c1-10(8-13)7-12(9-15)16-14-11-5-3-2-4-6-11/h2-6,8-9,12,14H,7H2,1H3/b10-8+/t12-/m1/s1. The average molecular weight is 331 g/mol. The summed E-state index contributed by atoms with van der Waals surface area (Å²) in [5.41, 5.74) is 4.72. The number of hydrogen-bond acceptors (Lipinski definition) is 3. The predicted octanol–water partition coefficient (Wildman–Crippen LogP) is 3.33. The maximum absolute atomic E-state index is 10.8. The molecule has 0 unspecified atom stereocenters. The lowest BCUT2D eigenvalue weighted by molar-refractivity contribution is -0.116. The number of rotatable bonds is 6. The number of carbonyl (C=O) groups excluding carboxylic acids is 1. The van der Waals surface area contributed by atoms with Crippen molar-refractivity contribution in [1.82, 2.24) is 0 Å². The average Bonchev–Trinajstić information content (AvgIpc) is 2.35. The van der Waals surface area contributed by atoms with Gasteiger partial charge in [0.1, 0.15) is 6.10 Å². The normalized spacial score (nSPS) is 13.2. The van der Waals surface area contributed by atoms with Crippen LogP contribution >= 0.6 is 22.6 Å². The van der Waals surface area contributed by atoms with Gasteiger partial charge in [-0.2, -0.15) is 0 Å². The molecular weight excluding hydrogens is 317 g/mol. The van der Waals surface area contributed by atoms with Crippen molar-refractivity contribution in [3.8, 4) is 0 Å². The Bertz CT molecular complexity index is 351. The first kappa shape index (κ1) is 13.2.